The van der Waals surface area contributed by atoms with Gasteiger partial charge in [0.1, 0.15) is 0 Å². The third-order valence-electron chi connectivity index (χ3n) is 4.18. The van der Waals surface area contributed by atoms with Crippen LogP contribution >= 0.6 is 0 Å². The molecule has 1 N–H and O–H groups in total. The predicted molar refractivity (Wildman–Crippen MR) is 97.2 cm³/mol. The van der Waals surface area contributed by atoms with Crippen LogP contribution in [0.25, 0.3) is 11.0 Å². The van der Waals surface area contributed by atoms with Crippen LogP contribution in [0.5, 0.6) is 0 Å². The predicted octanol–water partition coefficient (Wildman–Crippen LogP) is 3.76. The average molecular weight is 321 g/mol. The summed E-state index contributed by atoms with van der Waals surface area (Å²) >= 11 is 0. The Kier molecular flexibility index (Phi) is 4.38. The van der Waals surface area contributed by atoms with Crippen molar-refractivity contribution in [3.8, 4) is 0 Å². The van der Waals surface area contributed by atoms with Crippen molar-refractivity contribution >= 4 is 16.9 Å². The quantitative estimate of drug-likeness (QED) is 0.795. The second kappa shape index (κ2) is 6.48. The monoisotopic (exact) mass is 321 g/mol. The first-order chi connectivity index (χ1) is 11.4. The molecule has 4 heteroatoms. The Morgan fingerprint density at radius 2 is 1.79 bits per heavy atom. The van der Waals surface area contributed by atoms with Crippen molar-refractivity contribution in [2.75, 3.05) is 6.54 Å². The normalized spacial score (nSPS) is 11.6. The standard InChI is InChI=1S/C20H23N3O/c1-20(2,3)16-10-8-15(9-11-16)19(24)21-12-13-23-14-22-17-6-4-5-7-18(17)23/h4-11,14H,12-13H2,1-3H3,(H,21,24). The van der Waals surface area contributed by atoms with Crippen LogP contribution in [0.4, 0.5) is 0 Å². The molecule has 1 aromatic heterocycles. The highest BCUT2D eigenvalue weighted by atomic mass is 16.1. The number of hydrogen-bond acceptors (Lipinski definition) is 2. The molecule has 0 saturated heterocycles. The SMILES string of the molecule is CC(C)(C)c1ccc(C(=O)NCCn2cnc3ccccc32)cc1. The molecule has 0 saturated carbocycles. The Morgan fingerprint density at radius 1 is 1.08 bits per heavy atom. The molecule has 1 amide bonds. The molecular formula is C20H23N3O. The van der Waals surface area contributed by atoms with Crippen LogP contribution in [0.2, 0.25) is 0 Å². The number of rotatable bonds is 4. The van der Waals surface area contributed by atoms with Gasteiger partial charge in [-0.05, 0) is 35.2 Å². The zero-order chi connectivity index (χ0) is 17.2. The number of nitrogens with one attached hydrogen (secondary N) is 1. The number of nitrogens with zero attached hydrogens (tertiary/aromatic N) is 2. The van der Waals surface area contributed by atoms with Crippen LogP contribution in [0.3, 0.4) is 0 Å². The first-order valence-corrected chi connectivity index (χ1v) is 8.24. The third kappa shape index (κ3) is 3.48. The topological polar surface area (TPSA) is 46.9 Å². The summed E-state index contributed by atoms with van der Waals surface area (Å²) in [5.74, 6) is -0.0418. The lowest BCUT2D eigenvalue weighted by Crippen LogP contribution is -2.27. The number of amides is 1. The van der Waals surface area contributed by atoms with E-state index in [-0.39, 0.29) is 11.3 Å². The molecule has 0 bridgehead atoms. The first kappa shape index (κ1) is 16.2. The highest BCUT2D eigenvalue weighted by molar-refractivity contribution is 5.94. The van der Waals surface area contributed by atoms with E-state index in [0.717, 1.165) is 11.0 Å². The minimum Gasteiger partial charge on any atom is -0.350 e. The highest BCUT2D eigenvalue weighted by Crippen LogP contribution is 2.22. The van der Waals surface area contributed by atoms with Gasteiger partial charge < -0.3 is 9.88 Å². The molecule has 0 fully saturated rings. The highest BCUT2D eigenvalue weighted by Gasteiger charge is 2.14. The van der Waals surface area contributed by atoms with Crippen molar-refractivity contribution in [3.05, 3.63) is 66.0 Å². The second-order valence-electron chi connectivity index (χ2n) is 7.01. The Balaban J connectivity index is 1.59. The van der Waals surface area contributed by atoms with Gasteiger partial charge in [0.2, 0.25) is 0 Å². The van der Waals surface area contributed by atoms with E-state index in [2.05, 4.69) is 35.6 Å². The maximum absolute atomic E-state index is 12.3. The van der Waals surface area contributed by atoms with Gasteiger partial charge in [0, 0.05) is 18.7 Å². The molecule has 0 atom stereocenters. The number of hydrogen-bond donors (Lipinski definition) is 1. The molecule has 4 nitrogen and oxygen atoms in total. The van der Waals surface area contributed by atoms with E-state index in [0.29, 0.717) is 18.7 Å². The minimum atomic E-state index is -0.0418. The summed E-state index contributed by atoms with van der Waals surface area (Å²) < 4.78 is 2.05. The van der Waals surface area contributed by atoms with Gasteiger partial charge in [-0.15, -0.1) is 0 Å². The fourth-order valence-corrected chi connectivity index (χ4v) is 2.70. The van der Waals surface area contributed by atoms with Crippen molar-refractivity contribution in [1.29, 1.82) is 0 Å². The Hall–Kier alpha value is -2.62. The van der Waals surface area contributed by atoms with Crippen molar-refractivity contribution < 1.29 is 4.79 Å². The zero-order valence-electron chi connectivity index (χ0n) is 14.4. The maximum atomic E-state index is 12.3. The molecule has 3 aromatic rings. The Labute approximate surface area is 142 Å². The Morgan fingerprint density at radius 3 is 2.50 bits per heavy atom. The van der Waals surface area contributed by atoms with Crippen LogP contribution < -0.4 is 5.32 Å². The molecule has 1 heterocycles. The van der Waals surface area contributed by atoms with Crippen LogP contribution in [0.1, 0.15) is 36.7 Å². The van der Waals surface area contributed by atoms with Crippen molar-refractivity contribution in [2.45, 2.75) is 32.7 Å². The van der Waals surface area contributed by atoms with Gasteiger partial charge in [0.05, 0.1) is 17.4 Å². The summed E-state index contributed by atoms with van der Waals surface area (Å²) in [7, 11) is 0. The van der Waals surface area contributed by atoms with Crippen molar-refractivity contribution in [3.63, 3.8) is 0 Å². The lowest BCUT2D eigenvalue weighted by molar-refractivity contribution is 0.0952. The minimum absolute atomic E-state index is 0.0418. The molecule has 0 aliphatic carbocycles. The second-order valence-corrected chi connectivity index (χ2v) is 7.01. The van der Waals surface area contributed by atoms with Gasteiger partial charge in [-0.25, -0.2) is 4.98 Å². The summed E-state index contributed by atoms with van der Waals surface area (Å²) in [6, 6.07) is 15.8. The smallest absolute Gasteiger partial charge is 0.251 e. The van der Waals surface area contributed by atoms with Crippen LogP contribution in [-0.2, 0) is 12.0 Å². The number of carbonyl (C=O) groups excluding carboxylic acids is 1. The van der Waals surface area contributed by atoms with E-state index >= 15 is 0 Å². The first-order valence-electron chi connectivity index (χ1n) is 8.24. The average Bonchev–Trinajstić information content (AvgIpc) is 2.97. The summed E-state index contributed by atoms with van der Waals surface area (Å²) in [6.07, 6.45) is 1.81. The van der Waals surface area contributed by atoms with Gasteiger partial charge in [-0.2, -0.15) is 0 Å². The molecule has 0 aliphatic rings. The largest absolute Gasteiger partial charge is 0.350 e. The summed E-state index contributed by atoms with van der Waals surface area (Å²) in [6.45, 7) is 7.76. The molecule has 3 rings (SSSR count). The number of carbonyl (C=O) groups is 1. The van der Waals surface area contributed by atoms with E-state index in [1.165, 1.54) is 5.56 Å². The van der Waals surface area contributed by atoms with Crippen LogP contribution in [-0.4, -0.2) is 22.0 Å². The molecule has 0 radical (unpaired) electrons. The number of fused-ring (bicyclic) bond motifs is 1. The lowest BCUT2D eigenvalue weighted by Gasteiger charge is -2.19. The summed E-state index contributed by atoms with van der Waals surface area (Å²) in [5.41, 5.74) is 4.07. The molecule has 2 aromatic carbocycles. The number of benzene rings is 2. The maximum Gasteiger partial charge on any atom is 0.251 e. The summed E-state index contributed by atoms with van der Waals surface area (Å²) in [4.78, 5) is 16.6. The number of imidazole rings is 1. The van der Waals surface area contributed by atoms with Crippen LogP contribution in [0, 0.1) is 0 Å². The van der Waals surface area contributed by atoms with Crippen LogP contribution in [0.15, 0.2) is 54.9 Å². The third-order valence-corrected chi connectivity index (χ3v) is 4.18. The zero-order valence-corrected chi connectivity index (χ0v) is 14.4. The van der Waals surface area contributed by atoms with E-state index < -0.39 is 0 Å². The van der Waals surface area contributed by atoms with Gasteiger partial charge in [-0.1, -0.05) is 45.0 Å². The summed E-state index contributed by atoms with van der Waals surface area (Å²) in [5, 5.41) is 2.97. The van der Waals surface area contributed by atoms with Crippen molar-refractivity contribution in [2.24, 2.45) is 0 Å². The van der Waals surface area contributed by atoms with Gasteiger partial charge in [0.25, 0.3) is 5.91 Å². The molecule has 0 unspecified atom stereocenters. The molecule has 124 valence electrons. The van der Waals surface area contributed by atoms with Gasteiger partial charge >= 0.3 is 0 Å². The van der Waals surface area contributed by atoms with E-state index in [1.54, 1.807) is 0 Å². The van der Waals surface area contributed by atoms with Gasteiger partial charge in [0.15, 0.2) is 0 Å². The fraction of sp³-hybridized carbons (Fsp3) is 0.300. The van der Waals surface area contributed by atoms with E-state index in [9.17, 15) is 4.79 Å². The Bertz CT molecular complexity index is 841. The van der Waals surface area contributed by atoms with Gasteiger partial charge in [-0.3, -0.25) is 4.79 Å². The molecule has 24 heavy (non-hydrogen) atoms. The molecule has 0 spiro atoms. The van der Waals surface area contributed by atoms with E-state index in [1.807, 2.05) is 54.9 Å². The fourth-order valence-electron chi connectivity index (χ4n) is 2.70. The lowest BCUT2D eigenvalue weighted by atomic mass is 9.87. The molecular weight excluding hydrogens is 298 g/mol. The van der Waals surface area contributed by atoms with Crippen molar-refractivity contribution in [1.82, 2.24) is 14.9 Å². The number of aromatic nitrogens is 2. The number of para-hydroxylation sites is 2. The van der Waals surface area contributed by atoms with E-state index in [4.69, 9.17) is 0 Å². The molecule has 0 aliphatic heterocycles.